The number of nitrogens with two attached hydrogens (primary N) is 2. The average Bonchev–Trinajstić information content (AvgIpc) is 3.17. The number of nitrogens with zero attached hydrogens (tertiary/aromatic N) is 3. The summed E-state index contributed by atoms with van der Waals surface area (Å²) < 4.78 is 2.19. The Morgan fingerprint density at radius 2 is 1.47 bits per heavy atom. The molecule has 0 fully saturated rings. The molecule has 5 heteroatoms. The summed E-state index contributed by atoms with van der Waals surface area (Å²) >= 11 is 0. The molecular formula is C25H19N5. The van der Waals surface area contributed by atoms with Gasteiger partial charge in [0.05, 0.1) is 11.0 Å². The molecule has 0 aliphatic rings. The molecule has 0 unspecified atom stereocenters. The summed E-state index contributed by atoms with van der Waals surface area (Å²) in [4.78, 5) is 8.45. The first-order chi connectivity index (χ1) is 14.7. The Kier molecular flexibility index (Phi) is 4.30. The molecule has 0 saturated heterocycles. The van der Waals surface area contributed by atoms with Gasteiger partial charge in [-0.05, 0) is 48.0 Å². The number of fused-ring (bicyclic) bond motifs is 3. The van der Waals surface area contributed by atoms with Crippen molar-refractivity contribution in [1.29, 1.82) is 0 Å². The van der Waals surface area contributed by atoms with Crippen molar-refractivity contribution in [3.8, 4) is 11.8 Å². The van der Waals surface area contributed by atoms with Crippen LogP contribution >= 0.6 is 0 Å². The van der Waals surface area contributed by atoms with E-state index in [4.69, 9.17) is 11.5 Å². The van der Waals surface area contributed by atoms with Crippen molar-refractivity contribution in [3.05, 3.63) is 95.7 Å². The number of anilines is 2. The molecule has 144 valence electrons. The summed E-state index contributed by atoms with van der Waals surface area (Å²) in [6, 6.07) is 24.4. The van der Waals surface area contributed by atoms with E-state index in [0.29, 0.717) is 5.82 Å². The van der Waals surface area contributed by atoms with Crippen LogP contribution in [0.2, 0.25) is 0 Å². The number of hydrogen-bond acceptors (Lipinski definition) is 4. The van der Waals surface area contributed by atoms with Gasteiger partial charge in [0.1, 0.15) is 5.82 Å². The van der Waals surface area contributed by atoms with E-state index in [0.717, 1.165) is 39.5 Å². The van der Waals surface area contributed by atoms with E-state index in [2.05, 4.69) is 56.8 Å². The summed E-state index contributed by atoms with van der Waals surface area (Å²) in [6.07, 6.45) is 2.06. The van der Waals surface area contributed by atoms with Gasteiger partial charge in [-0.15, -0.1) is 0 Å². The van der Waals surface area contributed by atoms with Gasteiger partial charge in [-0.3, -0.25) is 0 Å². The Balaban J connectivity index is 1.43. The van der Waals surface area contributed by atoms with Crippen molar-refractivity contribution in [2.75, 3.05) is 11.5 Å². The molecule has 0 saturated carbocycles. The van der Waals surface area contributed by atoms with Gasteiger partial charge < -0.3 is 16.0 Å². The van der Waals surface area contributed by atoms with E-state index in [9.17, 15) is 0 Å². The van der Waals surface area contributed by atoms with Crippen molar-refractivity contribution in [1.82, 2.24) is 14.5 Å². The van der Waals surface area contributed by atoms with E-state index in [-0.39, 0.29) is 5.95 Å². The van der Waals surface area contributed by atoms with Gasteiger partial charge in [0.2, 0.25) is 5.95 Å². The average molecular weight is 389 g/mol. The molecule has 30 heavy (non-hydrogen) atoms. The van der Waals surface area contributed by atoms with Gasteiger partial charge >= 0.3 is 0 Å². The van der Waals surface area contributed by atoms with Gasteiger partial charge in [-0.2, -0.15) is 4.98 Å². The van der Waals surface area contributed by atoms with Crippen LogP contribution in [0.15, 0.2) is 79.0 Å². The molecule has 0 spiro atoms. The van der Waals surface area contributed by atoms with Crippen LogP contribution in [0.25, 0.3) is 21.8 Å². The zero-order chi connectivity index (χ0) is 20.5. The third kappa shape index (κ3) is 3.31. The summed E-state index contributed by atoms with van der Waals surface area (Å²) in [7, 11) is 0. The second kappa shape index (κ2) is 7.26. The van der Waals surface area contributed by atoms with Crippen molar-refractivity contribution in [2.45, 2.75) is 6.54 Å². The number of benzene rings is 3. The fourth-order valence-electron chi connectivity index (χ4n) is 3.60. The maximum atomic E-state index is 6.01. The van der Waals surface area contributed by atoms with E-state index in [1.54, 1.807) is 0 Å². The largest absolute Gasteiger partial charge is 0.383 e. The molecule has 0 radical (unpaired) electrons. The standard InChI is InChI=1S/C25H19N5/c26-24-21-12-13-22-20(23(21)28-25(27)29-24)14-15-30(22)16-19-10-8-18(9-11-19)7-6-17-4-2-1-3-5-17/h1-5,8-15H,16H2,(H4,26,27,28,29). The normalized spacial score (nSPS) is 10.8. The van der Waals surface area contributed by atoms with Gasteiger partial charge in [0, 0.05) is 34.6 Å². The van der Waals surface area contributed by atoms with Crippen molar-refractivity contribution in [2.24, 2.45) is 0 Å². The zero-order valence-corrected chi connectivity index (χ0v) is 16.2. The van der Waals surface area contributed by atoms with Crippen LogP contribution in [-0.2, 0) is 6.54 Å². The highest BCUT2D eigenvalue weighted by Crippen LogP contribution is 2.28. The summed E-state index contributed by atoms with van der Waals surface area (Å²) in [5, 5.41) is 1.83. The molecule has 3 aromatic carbocycles. The third-order valence-electron chi connectivity index (χ3n) is 5.09. The molecule has 0 bridgehead atoms. The van der Waals surface area contributed by atoms with Gasteiger partial charge in [-0.1, -0.05) is 42.2 Å². The van der Waals surface area contributed by atoms with Crippen molar-refractivity contribution >= 4 is 33.6 Å². The molecule has 0 atom stereocenters. The summed E-state index contributed by atoms with van der Waals surface area (Å²) in [6.45, 7) is 0.747. The lowest BCUT2D eigenvalue weighted by molar-refractivity contribution is 0.837. The molecule has 5 aromatic rings. The molecular weight excluding hydrogens is 370 g/mol. The zero-order valence-electron chi connectivity index (χ0n) is 16.2. The molecule has 5 nitrogen and oxygen atoms in total. The number of rotatable bonds is 2. The molecule has 0 amide bonds. The van der Waals surface area contributed by atoms with Crippen molar-refractivity contribution < 1.29 is 0 Å². The lowest BCUT2D eigenvalue weighted by atomic mass is 10.1. The molecule has 4 N–H and O–H groups in total. The first kappa shape index (κ1) is 17.8. The topological polar surface area (TPSA) is 82.7 Å². The second-order valence-electron chi connectivity index (χ2n) is 7.12. The van der Waals surface area contributed by atoms with Crippen LogP contribution in [-0.4, -0.2) is 14.5 Å². The summed E-state index contributed by atoms with van der Waals surface area (Å²) in [5.74, 6) is 6.99. The Bertz CT molecular complexity index is 1420. The smallest absolute Gasteiger partial charge is 0.222 e. The van der Waals surface area contributed by atoms with Crippen LogP contribution < -0.4 is 11.5 Å². The fourth-order valence-corrected chi connectivity index (χ4v) is 3.60. The highest BCUT2D eigenvalue weighted by molar-refractivity contribution is 6.07. The maximum Gasteiger partial charge on any atom is 0.222 e. The number of hydrogen-bond donors (Lipinski definition) is 2. The number of aromatic nitrogens is 3. The van der Waals surface area contributed by atoms with Crippen molar-refractivity contribution in [3.63, 3.8) is 0 Å². The maximum absolute atomic E-state index is 6.01. The molecule has 2 aromatic heterocycles. The van der Waals surface area contributed by atoms with Crippen LogP contribution in [0, 0.1) is 11.8 Å². The van der Waals surface area contributed by atoms with Crippen LogP contribution in [0.5, 0.6) is 0 Å². The Labute approximate surface area is 174 Å². The minimum atomic E-state index is 0.187. The molecule has 2 heterocycles. The minimum Gasteiger partial charge on any atom is -0.383 e. The van der Waals surface area contributed by atoms with Gasteiger partial charge in [0.25, 0.3) is 0 Å². The predicted molar refractivity (Wildman–Crippen MR) is 122 cm³/mol. The van der Waals surface area contributed by atoms with E-state index in [1.807, 2.05) is 48.5 Å². The monoisotopic (exact) mass is 389 g/mol. The van der Waals surface area contributed by atoms with Crippen LogP contribution in [0.3, 0.4) is 0 Å². The molecule has 0 aliphatic heterocycles. The highest BCUT2D eigenvalue weighted by atomic mass is 15.0. The third-order valence-corrected chi connectivity index (χ3v) is 5.09. The van der Waals surface area contributed by atoms with Crippen LogP contribution in [0.1, 0.15) is 16.7 Å². The van der Waals surface area contributed by atoms with E-state index >= 15 is 0 Å². The predicted octanol–water partition coefficient (Wildman–Crippen LogP) is 4.20. The highest BCUT2D eigenvalue weighted by Gasteiger charge is 2.10. The second-order valence-corrected chi connectivity index (χ2v) is 7.12. The number of nitrogen functional groups attached to an aromatic ring is 2. The Hall–Kier alpha value is -4.30. The Morgan fingerprint density at radius 3 is 2.23 bits per heavy atom. The Morgan fingerprint density at radius 1 is 0.733 bits per heavy atom. The SMILES string of the molecule is Nc1nc(N)c2ccc3c(ccn3Cc3ccc(C#Cc4ccccc4)cc3)c2n1. The first-order valence-electron chi connectivity index (χ1n) is 9.64. The van der Waals surface area contributed by atoms with E-state index < -0.39 is 0 Å². The summed E-state index contributed by atoms with van der Waals surface area (Å²) in [5.41, 5.74) is 16.9. The van der Waals surface area contributed by atoms with E-state index in [1.165, 1.54) is 5.56 Å². The van der Waals surface area contributed by atoms with Crippen LogP contribution in [0.4, 0.5) is 11.8 Å². The van der Waals surface area contributed by atoms with Gasteiger partial charge in [-0.25, -0.2) is 4.98 Å². The lowest BCUT2D eigenvalue weighted by Crippen LogP contribution is -2.01. The molecule has 5 rings (SSSR count). The quantitative estimate of drug-likeness (QED) is 0.443. The fraction of sp³-hybridized carbons (Fsp3) is 0.0400. The van der Waals surface area contributed by atoms with Gasteiger partial charge in [0.15, 0.2) is 0 Å². The first-order valence-corrected chi connectivity index (χ1v) is 9.64. The minimum absolute atomic E-state index is 0.187. The lowest BCUT2D eigenvalue weighted by Gasteiger charge is -2.08. The molecule has 0 aliphatic carbocycles.